The maximum Gasteiger partial charge on any atom is 0.307 e. The van der Waals surface area contributed by atoms with Crippen LogP contribution in [-0.4, -0.2) is 20.2 Å². The van der Waals surface area contributed by atoms with Gasteiger partial charge in [-0.05, 0) is 36.6 Å². The van der Waals surface area contributed by atoms with Gasteiger partial charge in [-0.3, -0.25) is 4.79 Å². The lowest BCUT2D eigenvalue weighted by atomic mass is 9.97. The number of methoxy groups -OCH3 is 2. The third-order valence-electron chi connectivity index (χ3n) is 2.80. The van der Waals surface area contributed by atoms with Crippen molar-refractivity contribution in [3.8, 4) is 5.75 Å². The molecular weight excluding hydrogens is 218 g/mol. The molecule has 0 fully saturated rings. The summed E-state index contributed by atoms with van der Waals surface area (Å²) >= 11 is 0. The van der Waals surface area contributed by atoms with Crippen LogP contribution < -0.4 is 10.5 Å². The first-order valence-corrected chi connectivity index (χ1v) is 5.47. The number of carbonyl (C=O) groups is 1. The molecule has 0 spiro atoms. The lowest BCUT2D eigenvalue weighted by molar-refractivity contribution is -0.141. The Morgan fingerprint density at radius 1 is 1.29 bits per heavy atom. The van der Waals surface area contributed by atoms with E-state index in [0.717, 1.165) is 22.4 Å². The van der Waals surface area contributed by atoms with Crippen LogP contribution in [0.2, 0.25) is 0 Å². The first-order chi connectivity index (χ1) is 7.99. The quantitative estimate of drug-likeness (QED) is 0.812. The Balaban J connectivity index is 2.98. The number of aryl methyl sites for hydroxylation is 2. The molecule has 0 amide bonds. The molecule has 4 heteroatoms. The van der Waals surface area contributed by atoms with E-state index in [1.165, 1.54) is 7.11 Å². The van der Waals surface area contributed by atoms with Crippen LogP contribution in [-0.2, 0) is 9.53 Å². The van der Waals surface area contributed by atoms with Crippen molar-refractivity contribution in [2.75, 3.05) is 14.2 Å². The average Bonchev–Trinajstić information content (AvgIpc) is 2.31. The van der Waals surface area contributed by atoms with Gasteiger partial charge in [0.25, 0.3) is 0 Å². The summed E-state index contributed by atoms with van der Waals surface area (Å²) in [6.07, 6.45) is 0.184. The standard InChI is InChI=1S/C13H19NO3/c1-8-6-12(16-3)9(2)5-10(8)11(14)7-13(15)17-4/h5-6,11H,7,14H2,1-4H3. The highest BCUT2D eigenvalue weighted by Crippen LogP contribution is 2.27. The van der Waals surface area contributed by atoms with Crippen molar-refractivity contribution >= 4 is 5.97 Å². The topological polar surface area (TPSA) is 61.5 Å². The van der Waals surface area contributed by atoms with Gasteiger partial charge in [0, 0.05) is 6.04 Å². The van der Waals surface area contributed by atoms with E-state index in [-0.39, 0.29) is 18.4 Å². The molecule has 0 aromatic heterocycles. The van der Waals surface area contributed by atoms with Crippen molar-refractivity contribution in [2.24, 2.45) is 5.73 Å². The van der Waals surface area contributed by atoms with Crippen molar-refractivity contribution in [3.63, 3.8) is 0 Å². The molecule has 2 N–H and O–H groups in total. The molecular formula is C13H19NO3. The number of hydrogen-bond donors (Lipinski definition) is 1. The molecule has 0 aliphatic rings. The molecule has 0 bridgehead atoms. The minimum atomic E-state index is -0.341. The van der Waals surface area contributed by atoms with Gasteiger partial charge in [0.15, 0.2) is 0 Å². The van der Waals surface area contributed by atoms with E-state index < -0.39 is 0 Å². The van der Waals surface area contributed by atoms with Crippen LogP contribution in [0.4, 0.5) is 0 Å². The van der Waals surface area contributed by atoms with Crippen LogP contribution >= 0.6 is 0 Å². The number of benzene rings is 1. The number of nitrogens with two attached hydrogens (primary N) is 1. The first-order valence-electron chi connectivity index (χ1n) is 5.47. The summed E-state index contributed by atoms with van der Waals surface area (Å²) < 4.78 is 9.84. The third-order valence-corrected chi connectivity index (χ3v) is 2.80. The van der Waals surface area contributed by atoms with Gasteiger partial charge in [0.2, 0.25) is 0 Å². The highest BCUT2D eigenvalue weighted by molar-refractivity contribution is 5.70. The van der Waals surface area contributed by atoms with Crippen LogP contribution in [0.15, 0.2) is 12.1 Å². The van der Waals surface area contributed by atoms with E-state index in [4.69, 9.17) is 10.5 Å². The zero-order valence-corrected chi connectivity index (χ0v) is 10.7. The number of esters is 1. The predicted molar refractivity (Wildman–Crippen MR) is 66.0 cm³/mol. The molecule has 1 unspecified atom stereocenters. The van der Waals surface area contributed by atoms with Crippen molar-refractivity contribution in [1.29, 1.82) is 0 Å². The molecule has 94 valence electrons. The number of hydrogen-bond acceptors (Lipinski definition) is 4. The Labute approximate surface area is 102 Å². The maximum absolute atomic E-state index is 11.2. The summed E-state index contributed by atoms with van der Waals surface area (Å²) in [7, 11) is 3.00. The fourth-order valence-corrected chi connectivity index (χ4v) is 1.80. The summed E-state index contributed by atoms with van der Waals surface area (Å²) in [5.41, 5.74) is 8.97. The van der Waals surface area contributed by atoms with Gasteiger partial charge in [-0.1, -0.05) is 6.07 Å². The molecule has 1 aromatic carbocycles. The molecule has 1 rings (SSSR count). The Morgan fingerprint density at radius 2 is 1.94 bits per heavy atom. The van der Waals surface area contributed by atoms with Crippen LogP contribution in [0, 0.1) is 13.8 Å². The zero-order valence-electron chi connectivity index (χ0n) is 10.7. The molecule has 4 nitrogen and oxygen atoms in total. The summed E-state index contributed by atoms with van der Waals surface area (Å²) in [5.74, 6) is 0.530. The van der Waals surface area contributed by atoms with Crippen molar-refractivity contribution in [2.45, 2.75) is 26.3 Å². The lowest BCUT2D eigenvalue weighted by Crippen LogP contribution is -2.17. The van der Waals surface area contributed by atoms with E-state index in [1.807, 2.05) is 26.0 Å². The van der Waals surface area contributed by atoms with Crippen molar-refractivity contribution in [3.05, 3.63) is 28.8 Å². The van der Waals surface area contributed by atoms with E-state index >= 15 is 0 Å². The van der Waals surface area contributed by atoms with Gasteiger partial charge >= 0.3 is 5.97 Å². The molecule has 1 aromatic rings. The SMILES string of the molecule is COC(=O)CC(N)c1cc(C)c(OC)cc1C. The Hall–Kier alpha value is -1.55. The molecule has 0 aliphatic carbocycles. The van der Waals surface area contributed by atoms with E-state index in [2.05, 4.69) is 4.74 Å². The van der Waals surface area contributed by atoms with Gasteiger partial charge in [0.05, 0.1) is 20.6 Å². The zero-order chi connectivity index (χ0) is 13.0. The van der Waals surface area contributed by atoms with Crippen molar-refractivity contribution < 1.29 is 14.3 Å². The second kappa shape index (κ2) is 5.68. The van der Waals surface area contributed by atoms with Gasteiger partial charge in [-0.15, -0.1) is 0 Å². The van der Waals surface area contributed by atoms with E-state index in [0.29, 0.717) is 0 Å². The minimum Gasteiger partial charge on any atom is -0.496 e. The third kappa shape index (κ3) is 3.20. The Morgan fingerprint density at radius 3 is 2.47 bits per heavy atom. The minimum absolute atomic E-state index is 0.184. The fraction of sp³-hybridized carbons (Fsp3) is 0.462. The lowest BCUT2D eigenvalue weighted by Gasteiger charge is -2.16. The predicted octanol–water partition coefficient (Wildman–Crippen LogP) is 1.87. The second-order valence-corrected chi connectivity index (χ2v) is 4.07. The van der Waals surface area contributed by atoms with E-state index in [1.54, 1.807) is 7.11 Å². The molecule has 0 radical (unpaired) electrons. The van der Waals surface area contributed by atoms with Gasteiger partial charge in [-0.2, -0.15) is 0 Å². The summed E-state index contributed by atoms with van der Waals surface area (Å²) in [4.78, 5) is 11.2. The van der Waals surface area contributed by atoms with Crippen molar-refractivity contribution in [1.82, 2.24) is 0 Å². The molecule has 0 heterocycles. The summed E-state index contributed by atoms with van der Waals surface area (Å²) in [5, 5.41) is 0. The Bertz CT molecular complexity index is 415. The number of ether oxygens (including phenoxy) is 2. The Kier molecular flexibility index (Phi) is 4.52. The van der Waals surface area contributed by atoms with Gasteiger partial charge < -0.3 is 15.2 Å². The van der Waals surface area contributed by atoms with Crippen LogP contribution in [0.3, 0.4) is 0 Å². The summed E-state index contributed by atoms with van der Waals surface area (Å²) in [6, 6.07) is 3.55. The maximum atomic E-state index is 11.2. The smallest absolute Gasteiger partial charge is 0.307 e. The van der Waals surface area contributed by atoms with E-state index in [9.17, 15) is 4.79 Å². The van der Waals surface area contributed by atoms with Gasteiger partial charge in [-0.25, -0.2) is 0 Å². The molecule has 0 saturated heterocycles. The number of rotatable bonds is 4. The molecule has 1 atom stereocenters. The second-order valence-electron chi connectivity index (χ2n) is 4.07. The summed E-state index contributed by atoms with van der Waals surface area (Å²) in [6.45, 7) is 3.90. The first kappa shape index (κ1) is 13.5. The number of carbonyl (C=O) groups excluding carboxylic acids is 1. The highest BCUT2D eigenvalue weighted by Gasteiger charge is 2.15. The van der Waals surface area contributed by atoms with Crippen LogP contribution in [0.25, 0.3) is 0 Å². The van der Waals surface area contributed by atoms with Gasteiger partial charge in [0.1, 0.15) is 5.75 Å². The largest absolute Gasteiger partial charge is 0.496 e. The van der Waals surface area contributed by atoms with Crippen LogP contribution in [0.5, 0.6) is 5.75 Å². The highest BCUT2D eigenvalue weighted by atomic mass is 16.5. The molecule has 17 heavy (non-hydrogen) atoms. The monoisotopic (exact) mass is 237 g/mol. The molecule has 0 saturated carbocycles. The average molecular weight is 237 g/mol. The normalized spacial score (nSPS) is 12.1. The van der Waals surface area contributed by atoms with Crippen LogP contribution in [0.1, 0.15) is 29.2 Å². The molecule has 0 aliphatic heterocycles. The fourth-order valence-electron chi connectivity index (χ4n) is 1.80.